The van der Waals surface area contributed by atoms with Gasteiger partial charge in [0.05, 0.1) is 23.3 Å². The quantitative estimate of drug-likeness (QED) is 0.818. The maximum Gasteiger partial charge on any atom is 0.251 e. The lowest BCUT2D eigenvalue weighted by Crippen LogP contribution is -2.27. The molecule has 0 radical (unpaired) electrons. The van der Waals surface area contributed by atoms with E-state index in [1.807, 2.05) is 18.2 Å². The number of carbonyl (C=O) groups is 1. The summed E-state index contributed by atoms with van der Waals surface area (Å²) in [6.07, 6.45) is 1.70. The van der Waals surface area contributed by atoms with E-state index in [0.717, 1.165) is 24.0 Å². The SMILES string of the molecule is COCCS(=O)(=O)c1ccc(C(=O)N[C@@H]2CCc3cc(Cl)ccc32)cc1. The van der Waals surface area contributed by atoms with Crippen LogP contribution >= 0.6 is 11.6 Å². The Morgan fingerprint density at radius 3 is 2.65 bits per heavy atom. The van der Waals surface area contributed by atoms with Crippen molar-refractivity contribution in [3.8, 4) is 0 Å². The summed E-state index contributed by atoms with van der Waals surface area (Å²) >= 11 is 6.01. The number of fused-ring (bicyclic) bond motifs is 1. The molecule has 3 rings (SSSR count). The molecular formula is C19H20ClNO4S. The highest BCUT2D eigenvalue weighted by atomic mass is 35.5. The minimum atomic E-state index is -3.40. The molecular weight excluding hydrogens is 374 g/mol. The Balaban J connectivity index is 1.70. The first-order valence-electron chi connectivity index (χ1n) is 8.31. The summed E-state index contributed by atoms with van der Waals surface area (Å²) in [5.74, 6) is -0.310. The fourth-order valence-corrected chi connectivity index (χ4v) is 4.47. The van der Waals surface area contributed by atoms with Gasteiger partial charge in [-0.25, -0.2) is 8.42 Å². The van der Waals surface area contributed by atoms with Gasteiger partial charge in [0.25, 0.3) is 5.91 Å². The van der Waals surface area contributed by atoms with Crippen LogP contribution in [-0.4, -0.2) is 33.8 Å². The van der Waals surface area contributed by atoms with E-state index in [2.05, 4.69) is 5.32 Å². The average molecular weight is 394 g/mol. The summed E-state index contributed by atoms with van der Waals surface area (Å²) in [4.78, 5) is 12.7. The van der Waals surface area contributed by atoms with E-state index in [-0.39, 0.29) is 29.2 Å². The van der Waals surface area contributed by atoms with Gasteiger partial charge in [0.15, 0.2) is 9.84 Å². The molecule has 0 saturated heterocycles. The van der Waals surface area contributed by atoms with Crippen LogP contribution in [0.2, 0.25) is 5.02 Å². The molecule has 2 aromatic rings. The zero-order chi connectivity index (χ0) is 18.7. The lowest BCUT2D eigenvalue weighted by molar-refractivity contribution is 0.0936. The predicted octanol–water partition coefficient (Wildman–Crippen LogP) is 3.18. The standard InChI is InChI=1S/C19H20ClNO4S/c1-25-10-11-26(23,24)16-6-2-13(3-7-16)19(22)21-18-9-4-14-12-15(20)5-8-17(14)18/h2-3,5-8,12,18H,4,9-11H2,1H3,(H,21,22)/t18-/m1/s1. The number of rotatable bonds is 6. The number of hydrogen-bond donors (Lipinski definition) is 1. The van der Waals surface area contributed by atoms with E-state index in [0.29, 0.717) is 10.6 Å². The third kappa shape index (κ3) is 4.09. The Morgan fingerprint density at radius 1 is 1.23 bits per heavy atom. The van der Waals surface area contributed by atoms with Crippen LogP contribution in [-0.2, 0) is 21.0 Å². The molecule has 0 aromatic heterocycles. The van der Waals surface area contributed by atoms with E-state index < -0.39 is 9.84 Å². The monoisotopic (exact) mass is 393 g/mol. The van der Waals surface area contributed by atoms with Crippen molar-refractivity contribution in [2.24, 2.45) is 0 Å². The van der Waals surface area contributed by atoms with Crippen LogP contribution in [0.1, 0.15) is 33.9 Å². The van der Waals surface area contributed by atoms with Crippen molar-refractivity contribution in [1.29, 1.82) is 0 Å². The first-order chi connectivity index (χ1) is 12.4. The van der Waals surface area contributed by atoms with Crippen LogP contribution in [0.5, 0.6) is 0 Å². The van der Waals surface area contributed by atoms with Crippen molar-refractivity contribution in [2.75, 3.05) is 19.5 Å². The molecule has 1 atom stereocenters. The maximum atomic E-state index is 12.5. The van der Waals surface area contributed by atoms with Gasteiger partial charge in [0.1, 0.15) is 0 Å². The predicted molar refractivity (Wildman–Crippen MR) is 100 cm³/mol. The lowest BCUT2D eigenvalue weighted by atomic mass is 10.1. The van der Waals surface area contributed by atoms with Crippen LogP contribution < -0.4 is 5.32 Å². The summed E-state index contributed by atoms with van der Waals surface area (Å²) in [6.45, 7) is 0.135. The first-order valence-corrected chi connectivity index (χ1v) is 10.3. The van der Waals surface area contributed by atoms with E-state index >= 15 is 0 Å². The molecule has 1 N–H and O–H groups in total. The third-order valence-electron chi connectivity index (χ3n) is 4.52. The number of amides is 1. The number of methoxy groups -OCH3 is 1. The fraction of sp³-hybridized carbons (Fsp3) is 0.316. The molecule has 0 unspecified atom stereocenters. The summed E-state index contributed by atoms with van der Waals surface area (Å²) in [6, 6.07) is 11.6. The van der Waals surface area contributed by atoms with Crippen LogP contribution in [0, 0.1) is 0 Å². The minimum absolute atomic E-state index is 0.0557. The number of sulfone groups is 1. The van der Waals surface area contributed by atoms with Crippen LogP contribution in [0.3, 0.4) is 0 Å². The highest BCUT2D eigenvalue weighted by Gasteiger charge is 2.24. The second-order valence-electron chi connectivity index (χ2n) is 6.24. The van der Waals surface area contributed by atoms with Gasteiger partial charge in [-0.15, -0.1) is 0 Å². The van der Waals surface area contributed by atoms with Gasteiger partial charge in [0, 0.05) is 17.7 Å². The van der Waals surface area contributed by atoms with Crippen molar-refractivity contribution in [2.45, 2.75) is 23.8 Å². The number of nitrogens with one attached hydrogen (secondary N) is 1. The van der Waals surface area contributed by atoms with Gasteiger partial charge in [0.2, 0.25) is 0 Å². The highest BCUT2D eigenvalue weighted by molar-refractivity contribution is 7.91. The Bertz CT molecular complexity index is 910. The Morgan fingerprint density at radius 2 is 1.96 bits per heavy atom. The molecule has 26 heavy (non-hydrogen) atoms. The largest absolute Gasteiger partial charge is 0.384 e. The Kier molecular flexibility index (Phi) is 5.65. The average Bonchev–Trinajstić information content (AvgIpc) is 3.02. The Hall–Kier alpha value is -1.89. The molecule has 0 heterocycles. The first kappa shape index (κ1) is 18.9. The number of hydrogen-bond acceptors (Lipinski definition) is 4. The molecule has 1 aliphatic rings. The fourth-order valence-electron chi connectivity index (χ4n) is 3.10. The van der Waals surface area contributed by atoms with Gasteiger partial charge in [-0.3, -0.25) is 4.79 Å². The van der Waals surface area contributed by atoms with Crippen molar-refractivity contribution in [3.63, 3.8) is 0 Å². The lowest BCUT2D eigenvalue weighted by Gasteiger charge is -2.14. The summed E-state index contributed by atoms with van der Waals surface area (Å²) in [5, 5.41) is 3.71. The van der Waals surface area contributed by atoms with Gasteiger partial charge < -0.3 is 10.1 Å². The van der Waals surface area contributed by atoms with Crippen LogP contribution in [0.25, 0.3) is 0 Å². The molecule has 1 amide bonds. The van der Waals surface area contributed by atoms with E-state index in [9.17, 15) is 13.2 Å². The Labute approximate surface area is 158 Å². The molecule has 5 nitrogen and oxygen atoms in total. The third-order valence-corrected chi connectivity index (χ3v) is 6.45. The number of benzene rings is 2. The summed E-state index contributed by atoms with van der Waals surface area (Å²) in [7, 11) is -1.94. The van der Waals surface area contributed by atoms with Gasteiger partial charge in [-0.05, 0) is 60.4 Å². The molecule has 138 valence electrons. The van der Waals surface area contributed by atoms with Crippen molar-refractivity contribution < 1.29 is 17.9 Å². The molecule has 1 aliphatic carbocycles. The topological polar surface area (TPSA) is 72.5 Å². The molecule has 0 fully saturated rings. The zero-order valence-electron chi connectivity index (χ0n) is 14.4. The van der Waals surface area contributed by atoms with E-state index in [4.69, 9.17) is 16.3 Å². The van der Waals surface area contributed by atoms with Gasteiger partial charge in [-0.2, -0.15) is 0 Å². The highest BCUT2D eigenvalue weighted by Crippen LogP contribution is 2.33. The summed E-state index contributed by atoms with van der Waals surface area (Å²) in [5.41, 5.74) is 2.67. The van der Waals surface area contributed by atoms with Crippen molar-refractivity contribution in [1.82, 2.24) is 5.32 Å². The second-order valence-corrected chi connectivity index (χ2v) is 8.79. The van der Waals surface area contributed by atoms with Crippen molar-refractivity contribution in [3.05, 3.63) is 64.2 Å². The molecule has 7 heteroatoms. The molecule has 2 aromatic carbocycles. The van der Waals surface area contributed by atoms with Gasteiger partial charge in [-0.1, -0.05) is 17.7 Å². The number of halogens is 1. The van der Waals surface area contributed by atoms with Crippen LogP contribution in [0.4, 0.5) is 0 Å². The molecule has 0 bridgehead atoms. The number of aryl methyl sites for hydroxylation is 1. The van der Waals surface area contributed by atoms with Crippen molar-refractivity contribution >= 4 is 27.3 Å². The van der Waals surface area contributed by atoms with E-state index in [1.54, 1.807) is 0 Å². The summed E-state index contributed by atoms with van der Waals surface area (Å²) < 4.78 is 29.1. The maximum absolute atomic E-state index is 12.5. The number of ether oxygens (including phenoxy) is 1. The number of carbonyl (C=O) groups excluding carboxylic acids is 1. The normalized spacial score (nSPS) is 16.3. The molecule has 0 spiro atoms. The molecule has 0 aliphatic heterocycles. The zero-order valence-corrected chi connectivity index (χ0v) is 15.9. The smallest absolute Gasteiger partial charge is 0.251 e. The second kappa shape index (κ2) is 7.78. The van der Waals surface area contributed by atoms with E-state index in [1.165, 1.54) is 31.4 Å². The minimum Gasteiger partial charge on any atom is -0.384 e. The van der Waals surface area contributed by atoms with Gasteiger partial charge >= 0.3 is 0 Å². The molecule has 0 saturated carbocycles. The van der Waals surface area contributed by atoms with Crippen LogP contribution in [0.15, 0.2) is 47.4 Å².